The van der Waals surface area contributed by atoms with Gasteiger partial charge in [0.25, 0.3) is 0 Å². The van der Waals surface area contributed by atoms with Crippen LogP contribution in [0.25, 0.3) is 0 Å². The molecule has 0 spiro atoms. The third-order valence-electron chi connectivity index (χ3n) is 4.75. The highest BCUT2D eigenvalue weighted by Crippen LogP contribution is 2.29. The lowest BCUT2D eigenvalue weighted by molar-refractivity contribution is -0.155. The van der Waals surface area contributed by atoms with Crippen molar-refractivity contribution < 1.29 is 14.3 Å². The van der Waals surface area contributed by atoms with Gasteiger partial charge in [0.05, 0.1) is 18.7 Å². The molecule has 1 aliphatic carbocycles. The van der Waals surface area contributed by atoms with E-state index in [4.69, 9.17) is 4.74 Å². The molecule has 0 unspecified atom stereocenters. The number of carbonyl (C=O) groups excluding carboxylic acids is 2. The first-order chi connectivity index (χ1) is 10.9. The van der Waals surface area contributed by atoms with Gasteiger partial charge in [-0.25, -0.2) is 4.79 Å². The van der Waals surface area contributed by atoms with Gasteiger partial charge >= 0.3 is 5.97 Å². The number of carbonyl (C=O) groups is 2. The second-order valence-electron chi connectivity index (χ2n) is 6.36. The van der Waals surface area contributed by atoms with E-state index in [-0.39, 0.29) is 18.3 Å². The molecule has 2 rings (SSSR count). The molecule has 23 heavy (non-hydrogen) atoms. The van der Waals surface area contributed by atoms with Crippen molar-refractivity contribution in [2.45, 2.75) is 64.8 Å². The summed E-state index contributed by atoms with van der Waals surface area (Å²) in [5.74, 6) is -0.438. The van der Waals surface area contributed by atoms with E-state index in [9.17, 15) is 9.59 Å². The summed E-state index contributed by atoms with van der Waals surface area (Å²) < 4.78 is 6.99. The van der Waals surface area contributed by atoms with E-state index in [1.807, 2.05) is 20.9 Å². The molecule has 0 atom stereocenters. The van der Waals surface area contributed by atoms with E-state index in [0.29, 0.717) is 19.4 Å². The van der Waals surface area contributed by atoms with Gasteiger partial charge in [-0.05, 0) is 33.6 Å². The predicted octanol–water partition coefficient (Wildman–Crippen LogP) is 1.96. The van der Waals surface area contributed by atoms with E-state index in [0.717, 1.165) is 36.2 Å². The molecule has 1 aromatic heterocycles. The number of ether oxygens (including phenoxy) is 1. The Labute approximate surface area is 137 Å². The maximum Gasteiger partial charge on any atom is 0.331 e. The zero-order valence-corrected chi connectivity index (χ0v) is 14.6. The Morgan fingerprint density at radius 3 is 2.43 bits per heavy atom. The van der Waals surface area contributed by atoms with Crippen LogP contribution < -0.4 is 5.32 Å². The zero-order valence-electron chi connectivity index (χ0n) is 14.6. The Morgan fingerprint density at radius 1 is 1.26 bits per heavy atom. The lowest BCUT2D eigenvalue weighted by Crippen LogP contribution is -2.56. The molecule has 1 N–H and O–H groups in total. The molecule has 6 heteroatoms. The Morgan fingerprint density at radius 2 is 1.91 bits per heavy atom. The van der Waals surface area contributed by atoms with Crippen LogP contribution in [0.4, 0.5) is 0 Å². The highest BCUT2D eigenvalue weighted by molar-refractivity contribution is 5.89. The summed E-state index contributed by atoms with van der Waals surface area (Å²) >= 11 is 0. The lowest BCUT2D eigenvalue weighted by Gasteiger charge is -2.35. The summed E-state index contributed by atoms with van der Waals surface area (Å²) in [5.41, 5.74) is 1.91. The number of amides is 1. The van der Waals surface area contributed by atoms with Crippen molar-refractivity contribution in [2.24, 2.45) is 7.05 Å². The van der Waals surface area contributed by atoms with Gasteiger partial charge in [0.2, 0.25) is 5.91 Å². The summed E-state index contributed by atoms with van der Waals surface area (Å²) in [4.78, 5) is 24.9. The van der Waals surface area contributed by atoms with Crippen LogP contribution in [0.3, 0.4) is 0 Å². The molecule has 1 aromatic rings. The fourth-order valence-electron chi connectivity index (χ4n) is 3.35. The predicted molar refractivity (Wildman–Crippen MR) is 87.0 cm³/mol. The highest BCUT2D eigenvalue weighted by atomic mass is 16.5. The van der Waals surface area contributed by atoms with Gasteiger partial charge in [0.15, 0.2) is 0 Å². The average molecular weight is 321 g/mol. The Balaban J connectivity index is 2.13. The number of aryl methyl sites for hydroxylation is 2. The number of hydrogen-bond acceptors (Lipinski definition) is 4. The molecule has 1 heterocycles. The summed E-state index contributed by atoms with van der Waals surface area (Å²) in [6, 6.07) is 0. The molecule has 1 saturated carbocycles. The van der Waals surface area contributed by atoms with Crippen molar-refractivity contribution >= 4 is 11.9 Å². The Hall–Kier alpha value is -1.85. The molecular formula is C17H27N3O3. The van der Waals surface area contributed by atoms with Crippen molar-refractivity contribution in [3.05, 3.63) is 17.0 Å². The lowest BCUT2D eigenvalue weighted by atomic mass is 9.81. The number of esters is 1. The van der Waals surface area contributed by atoms with Gasteiger partial charge in [0.1, 0.15) is 5.54 Å². The van der Waals surface area contributed by atoms with Crippen LogP contribution in [0, 0.1) is 13.8 Å². The third-order valence-corrected chi connectivity index (χ3v) is 4.75. The van der Waals surface area contributed by atoms with E-state index < -0.39 is 5.54 Å². The molecule has 0 aliphatic heterocycles. The van der Waals surface area contributed by atoms with Gasteiger partial charge in [-0.2, -0.15) is 5.10 Å². The standard InChI is InChI=1S/C17H27N3O3/c1-5-23-16(22)17(9-7-6-8-10-17)18-15(21)11-14-12(2)19-20(4)13(14)3/h5-11H2,1-4H3,(H,18,21). The van der Waals surface area contributed by atoms with Gasteiger partial charge in [-0.15, -0.1) is 0 Å². The molecule has 1 amide bonds. The summed E-state index contributed by atoms with van der Waals surface area (Å²) in [5, 5.41) is 7.32. The van der Waals surface area contributed by atoms with Gasteiger partial charge in [-0.3, -0.25) is 9.48 Å². The molecular weight excluding hydrogens is 294 g/mol. The first-order valence-electron chi connectivity index (χ1n) is 8.37. The summed E-state index contributed by atoms with van der Waals surface area (Å²) in [7, 11) is 1.87. The van der Waals surface area contributed by atoms with Crippen molar-refractivity contribution in [3.8, 4) is 0 Å². The monoisotopic (exact) mass is 321 g/mol. The minimum atomic E-state index is -0.852. The summed E-state index contributed by atoms with van der Waals surface area (Å²) in [6.45, 7) is 5.97. The van der Waals surface area contributed by atoms with Crippen LogP contribution in [0.5, 0.6) is 0 Å². The number of aromatic nitrogens is 2. The van der Waals surface area contributed by atoms with Crippen LogP contribution >= 0.6 is 0 Å². The minimum absolute atomic E-state index is 0.140. The van der Waals surface area contributed by atoms with Crippen LogP contribution in [-0.2, 0) is 27.8 Å². The number of nitrogens with one attached hydrogen (secondary N) is 1. The zero-order chi connectivity index (χ0) is 17.0. The highest BCUT2D eigenvalue weighted by Gasteiger charge is 2.42. The van der Waals surface area contributed by atoms with Crippen molar-refractivity contribution in [1.29, 1.82) is 0 Å². The van der Waals surface area contributed by atoms with Crippen LogP contribution in [0.15, 0.2) is 0 Å². The van der Waals surface area contributed by atoms with E-state index in [1.165, 1.54) is 0 Å². The molecule has 0 radical (unpaired) electrons. The molecule has 128 valence electrons. The molecule has 0 saturated heterocycles. The quantitative estimate of drug-likeness (QED) is 0.842. The second kappa shape index (κ2) is 7.15. The van der Waals surface area contributed by atoms with Crippen molar-refractivity contribution in [1.82, 2.24) is 15.1 Å². The van der Waals surface area contributed by atoms with E-state index >= 15 is 0 Å². The summed E-state index contributed by atoms with van der Waals surface area (Å²) in [6.07, 6.45) is 4.52. The SMILES string of the molecule is CCOC(=O)C1(NC(=O)Cc2c(C)nn(C)c2C)CCCCC1. The fourth-order valence-corrected chi connectivity index (χ4v) is 3.35. The molecule has 0 aromatic carbocycles. The maximum absolute atomic E-state index is 12.6. The van der Waals surface area contributed by atoms with Gasteiger partial charge < -0.3 is 10.1 Å². The first-order valence-corrected chi connectivity index (χ1v) is 8.37. The molecule has 6 nitrogen and oxygen atoms in total. The third kappa shape index (κ3) is 3.74. The number of rotatable bonds is 5. The van der Waals surface area contributed by atoms with E-state index in [2.05, 4.69) is 10.4 Å². The molecule has 0 bridgehead atoms. The fraction of sp³-hybridized carbons (Fsp3) is 0.706. The van der Waals surface area contributed by atoms with Gasteiger partial charge in [0, 0.05) is 18.3 Å². The Kier molecular flexibility index (Phi) is 5.44. The van der Waals surface area contributed by atoms with Crippen LogP contribution in [-0.4, -0.2) is 33.8 Å². The van der Waals surface area contributed by atoms with E-state index in [1.54, 1.807) is 11.6 Å². The smallest absolute Gasteiger partial charge is 0.331 e. The minimum Gasteiger partial charge on any atom is -0.464 e. The van der Waals surface area contributed by atoms with Crippen molar-refractivity contribution in [3.63, 3.8) is 0 Å². The van der Waals surface area contributed by atoms with Gasteiger partial charge in [-0.1, -0.05) is 19.3 Å². The maximum atomic E-state index is 12.6. The first kappa shape index (κ1) is 17.5. The normalized spacial score (nSPS) is 16.9. The largest absolute Gasteiger partial charge is 0.464 e. The van der Waals surface area contributed by atoms with Crippen LogP contribution in [0.2, 0.25) is 0 Å². The number of nitrogens with zero attached hydrogens (tertiary/aromatic N) is 2. The molecule has 1 aliphatic rings. The van der Waals surface area contributed by atoms with Crippen LogP contribution in [0.1, 0.15) is 56.0 Å². The Bertz CT molecular complexity index is 586. The second-order valence-corrected chi connectivity index (χ2v) is 6.36. The molecule has 1 fully saturated rings. The topological polar surface area (TPSA) is 73.2 Å². The number of hydrogen-bond donors (Lipinski definition) is 1. The van der Waals surface area contributed by atoms with Crippen molar-refractivity contribution in [2.75, 3.05) is 6.61 Å². The average Bonchev–Trinajstić information content (AvgIpc) is 2.75.